The third kappa shape index (κ3) is 2.91. The van der Waals surface area contributed by atoms with Gasteiger partial charge in [0.25, 0.3) is 0 Å². The fourth-order valence-corrected chi connectivity index (χ4v) is 1.77. The molecular formula is C14H16N2O5. The van der Waals surface area contributed by atoms with Crippen LogP contribution in [0.3, 0.4) is 0 Å². The maximum absolute atomic E-state index is 11.7. The molecule has 7 heteroatoms. The van der Waals surface area contributed by atoms with Crippen LogP contribution in [0.1, 0.15) is 17.4 Å². The molecule has 2 rings (SSSR count). The summed E-state index contributed by atoms with van der Waals surface area (Å²) in [5.74, 6) is 0.541. The molecule has 1 aromatic carbocycles. The predicted molar refractivity (Wildman–Crippen MR) is 75.4 cm³/mol. The van der Waals surface area contributed by atoms with Crippen LogP contribution >= 0.6 is 0 Å². The molecule has 0 aliphatic carbocycles. The molecule has 2 N–H and O–H groups in total. The average molecular weight is 292 g/mol. The van der Waals surface area contributed by atoms with E-state index < -0.39 is 5.97 Å². The van der Waals surface area contributed by atoms with E-state index in [1.807, 2.05) is 0 Å². The molecule has 0 fully saturated rings. The number of benzene rings is 1. The molecule has 0 aliphatic heterocycles. The molecule has 0 bridgehead atoms. The quantitative estimate of drug-likeness (QED) is 0.843. The molecule has 1 heterocycles. The topological polar surface area (TPSA) is 96.8 Å². The maximum Gasteiger partial charge on any atom is 0.362 e. The summed E-state index contributed by atoms with van der Waals surface area (Å²) in [5, 5.41) is 0. The van der Waals surface area contributed by atoms with Gasteiger partial charge in [-0.3, -0.25) is 0 Å². The Morgan fingerprint density at radius 3 is 2.71 bits per heavy atom. The molecule has 112 valence electrons. The first-order valence-corrected chi connectivity index (χ1v) is 6.26. The molecule has 0 amide bonds. The van der Waals surface area contributed by atoms with E-state index in [0.717, 1.165) is 0 Å². The Bertz CT molecular complexity index is 651. The van der Waals surface area contributed by atoms with E-state index in [0.29, 0.717) is 17.1 Å². The molecule has 1 aromatic heterocycles. The Kier molecular flexibility index (Phi) is 4.32. The normalized spacial score (nSPS) is 10.2. The monoisotopic (exact) mass is 292 g/mol. The molecular weight excluding hydrogens is 276 g/mol. The third-order valence-electron chi connectivity index (χ3n) is 2.76. The molecule has 0 saturated heterocycles. The SMILES string of the molecule is CCOC(=O)c1nc(-c2cc(OC)ccc2OC)oc1N. The molecule has 0 radical (unpaired) electrons. The highest BCUT2D eigenvalue weighted by Gasteiger charge is 2.22. The highest BCUT2D eigenvalue weighted by molar-refractivity contribution is 5.92. The van der Waals surface area contributed by atoms with Gasteiger partial charge in [0.1, 0.15) is 11.5 Å². The average Bonchev–Trinajstić information content (AvgIpc) is 2.88. The van der Waals surface area contributed by atoms with Crippen molar-refractivity contribution in [3.05, 3.63) is 23.9 Å². The Hall–Kier alpha value is -2.70. The van der Waals surface area contributed by atoms with Crippen molar-refractivity contribution in [1.29, 1.82) is 0 Å². The zero-order valence-corrected chi connectivity index (χ0v) is 12.0. The summed E-state index contributed by atoms with van der Waals surface area (Å²) < 4.78 is 20.6. The van der Waals surface area contributed by atoms with Crippen LogP contribution < -0.4 is 15.2 Å². The summed E-state index contributed by atoms with van der Waals surface area (Å²) in [5.41, 5.74) is 6.14. The summed E-state index contributed by atoms with van der Waals surface area (Å²) in [6, 6.07) is 5.12. The fraction of sp³-hybridized carbons (Fsp3) is 0.286. The summed E-state index contributed by atoms with van der Waals surface area (Å²) in [4.78, 5) is 15.8. The number of methoxy groups -OCH3 is 2. The first-order chi connectivity index (χ1) is 10.1. The minimum Gasteiger partial charge on any atom is -0.497 e. The number of oxazole rings is 1. The lowest BCUT2D eigenvalue weighted by Gasteiger charge is -2.07. The van der Waals surface area contributed by atoms with Gasteiger partial charge in [0, 0.05) is 0 Å². The van der Waals surface area contributed by atoms with E-state index in [9.17, 15) is 4.79 Å². The summed E-state index contributed by atoms with van der Waals surface area (Å²) >= 11 is 0. The lowest BCUT2D eigenvalue weighted by Crippen LogP contribution is -2.07. The lowest BCUT2D eigenvalue weighted by atomic mass is 10.2. The number of ether oxygens (including phenoxy) is 3. The van der Waals surface area contributed by atoms with Crippen molar-refractivity contribution in [2.45, 2.75) is 6.92 Å². The van der Waals surface area contributed by atoms with Gasteiger partial charge in [-0.2, -0.15) is 4.98 Å². The van der Waals surface area contributed by atoms with Crippen LogP contribution in [0.4, 0.5) is 5.88 Å². The maximum atomic E-state index is 11.7. The van der Waals surface area contributed by atoms with E-state index in [2.05, 4.69) is 4.98 Å². The van der Waals surface area contributed by atoms with Gasteiger partial charge < -0.3 is 24.4 Å². The van der Waals surface area contributed by atoms with Crippen molar-refractivity contribution in [1.82, 2.24) is 4.98 Å². The van der Waals surface area contributed by atoms with E-state index in [-0.39, 0.29) is 24.1 Å². The first kappa shape index (κ1) is 14.7. The standard InChI is InChI=1S/C14H16N2O5/c1-4-20-14(17)11-12(15)21-13(16-11)9-7-8(18-2)5-6-10(9)19-3/h5-7H,4,15H2,1-3H3. The van der Waals surface area contributed by atoms with Gasteiger partial charge in [-0.15, -0.1) is 0 Å². The Balaban J connectivity index is 2.47. The number of aromatic nitrogens is 1. The second-order valence-corrected chi connectivity index (χ2v) is 4.02. The van der Waals surface area contributed by atoms with Gasteiger partial charge in [0.2, 0.25) is 17.5 Å². The highest BCUT2D eigenvalue weighted by Crippen LogP contribution is 2.34. The third-order valence-corrected chi connectivity index (χ3v) is 2.76. The van der Waals surface area contributed by atoms with E-state index >= 15 is 0 Å². The van der Waals surface area contributed by atoms with Crippen LogP contribution in [0, 0.1) is 0 Å². The van der Waals surface area contributed by atoms with E-state index in [1.54, 1.807) is 32.2 Å². The van der Waals surface area contributed by atoms with E-state index in [1.165, 1.54) is 7.11 Å². The fourth-order valence-electron chi connectivity index (χ4n) is 1.77. The second kappa shape index (κ2) is 6.17. The number of nitrogens with two attached hydrogens (primary N) is 1. The number of hydrogen-bond donors (Lipinski definition) is 1. The van der Waals surface area contributed by atoms with Crippen molar-refractivity contribution in [2.24, 2.45) is 0 Å². The van der Waals surface area contributed by atoms with Gasteiger partial charge in [-0.05, 0) is 25.1 Å². The molecule has 0 saturated carbocycles. The zero-order chi connectivity index (χ0) is 15.4. The van der Waals surface area contributed by atoms with Crippen molar-refractivity contribution in [3.63, 3.8) is 0 Å². The van der Waals surface area contributed by atoms with Crippen LogP contribution in [0.25, 0.3) is 11.5 Å². The number of carbonyl (C=O) groups excluding carboxylic acids is 1. The highest BCUT2D eigenvalue weighted by atomic mass is 16.5. The molecule has 7 nitrogen and oxygen atoms in total. The Morgan fingerprint density at radius 1 is 1.33 bits per heavy atom. The van der Waals surface area contributed by atoms with Gasteiger partial charge in [-0.25, -0.2) is 4.79 Å². The van der Waals surface area contributed by atoms with Crippen molar-refractivity contribution < 1.29 is 23.4 Å². The summed E-state index contributed by atoms with van der Waals surface area (Å²) in [6.45, 7) is 1.92. The number of hydrogen-bond acceptors (Lipinski definition) is 7. The molecule has 21 heavy (non-hydrogen) atoms. The number of esters is 1. The molecule has 0 atom stereocenters. The Morgan fingerprint density at radius 2 is 2.10 bits per heavy atom. The number of anilines is 1. The molecule has 0 unspecified atom stereocenters. The van der Waals surface area contributed by atoms with Crippen LogP contribution in [0.5, 0.6) is 11.5 Å². The van der Waals surface area contributed by atoms with Crippen molar-refractivity contribution >= 4 is 11.9 Å². The number of nitrogen functional groups attached to an aromatic ring is 1. The second-order valence-electron chi connectivity index (χ2n) is 4.02. The van der Waals surface area contributed by atoms with Crippen molar-refractivity contribution in [3.8, 4) is 23.0 Å². The number of nitrogens with zero attached hydrogens (tertiary/aromatic N) is 1. The van der Waals surface area contributed by atoms with E-state index in [4.69, 9.17) is 24.4 Å². The lowest BCUT2D eigenvalue weighted by molar-refractivity contribution is 0.0521. The zero-order valence-electron chi connectivity index (χ0n) is 12.0. The molecule has 0 spiro atoms. The van der Waals surface area contributed by atoms with Gasteiger partial charge in [-0.1, -0.05) is 0 Å². The van der Waals surface area contributed by atoms with Crippen LogP contribution in [-0.2, 0) is 4.74 Å². The minimum atomic E-state index is -0.633. The van der Waals surface area contributed by atoms with Gasteiger partial charge in [0.15, 0.2) is 0 Å². The van der Waals surface area contributed by atoms with Gasteiger partial charge >= 0.3 is 5.97 Å². The van der Waals surface area contributed by atoms with Crippen LogP contribution in [0.2, 0.25) is 0 Å². The van der Waals surface area contributed by atoms with Crippen molar-refractivity contribution in [2.75, 3.05) is 26.6 Å². The predicted octanol–water partition coefficient (Wildman–Crippen LogP) is 2.12. The van der Waals surface area contributed by atoms with Crippen LogP contribution in [-0.4, -0.2) is 31.8 Å². The molecule has 0 aliphatic rings. The number of rotatable bonds is 5. The largest absolute Gasteiger partial charge is 0.497 e. The minimum absolute atomic E-state index is 0.0586. The van der Waals surface area contributed by atoms with Crippen LogP contribution in [0.15, 0.2) is 22.6 Å². The smallest absolute Gasteiger partial charge is 0.362 e. The summed E-state index contributed by atoms with van der Waals surface area (Å²) in [7, 11) is 3.06. The Labute approximate surface area is 121 Å². The summed E-state index contributed by atoms with van der Waals surface area (Å²) in [6.07, 6.45) is 0. The number of carbonyl (C=O) groups is 1. The first-order valence-electron chi connectivity index (χ1n) is 6.26. The molecule has 2 aromatic rings. The van der Waals surface area contributed by atoms with Gasteiger partial charge in [0.05, 0.1) is 26.4 Å².